The Labute approximate surface area is 181 Å². The van der Waals surface area contributed by atoms with E-state index in [1.54, 1.807) is 32.4 Å². The van der Waals surface area contributed by atoms with Crippen molar-refractivity contribution in [3.8, 4) is 11.5 Å². The molecule has 5 nitrogen and oxygen atoms in total. The number of anilines is 2. The molecule has 30 heavy (non-hydrogen) atoms. The third kappa shape index (κ3) is 3.86. The number of hydrogen-bond donors (Lipinski definition) is 0. The van der Waals surface area contributed by atoms with Crippen LogP contribution in [0.5, 0.6) is 11.5 Å². The van der Waals surface area contributed by atoms with Crippen LogP contribution in [-0.4, -0.2) is 31.8 Å². The van der Waals surface area contributed by atoms with Crippen LogP contribution < -0.4 is 19.3 Å². The van der Waals surface area contributed by atoms with Crippen molar-refractivity contribution in [1.29, 1.82) is 0 Å². The predicted octanol–water partition coefficient (Wildman–Crippen LogP) is 4.43. The summed E-state index contributed by atoms with van der Waals surface area (Å²) in [6, 6.07) is 23.8. The number of rotatable bonds is 6. The molecular formula is C24H22N2O3S. The van der Waals surface area contributed by atoms with Crippen molar-refractivity contribution in [2.75, 3.05) is 30.6 Å². The first-order chi connectivity index (χ1) is 14.6. The van der Waals surface area contributed by atoms with E-state index in [0.29, 0.717) is 22.3 Å². The van der Waals surface area contributed by atoms with Gasteiger partial charge in [-0.3, -0.25) is 9.69 Å². The summed E-state index contributed by atoms with van der Waals surface area (Å²) in [6.07, 6.45) is 0.863. The lowest BCUT2D eigenvalue weighted by molar-refractivity contribution is -0.115. The van der Waals surface area contributed by atoms with Crippen molar-refractivity contribution in [3.05, 3.63) is 83.9 Å². The van der Waals surface area contributed by atoms with Gasteiger partial charge in [-0.2, -0.15) is 0 Å². The van der Waals surface area contributed by atoms with Crippen LogP contribution in [-0.2, 0) is 11.2 Å². The summed E-state index contributed by atoms with van der Waals surface area (Å²) in [6.45, 7) is 0.200. The van der Waals surface area contributed by atoms with Gasteiger partial charge in [-0.05, 0) is 54.0 Å². The normalized spacial score (nSPS) is 13.7. The first kappa shape index (κ1) is 19.9. The highest BCUT2D eigenvalue weighted by Gasteiger charge is 2.35. The fourth-order valence-corrected chi connectivity index (χ4v) is 3.92. The molecule has 4 rings (SSSR count). The molecule has 3 aromatic rings. The number of carbonyl (C=O) groups excluding carboxylic acids is 1. The Morgan fingerprint density at radius 2 is 1.47 bits per heavy atom. The topological polar surface area (TPSA) is 42.0 Å². The van der Waals surface area contributed by atoms with Crippen molar-refractivity contribution in [2.24, 2.45) is 0 Å². The maximum Gasteiger partial charge on any atom is 0.253 e. The van der Waals surface area contributed by atoms with Crippen molar-refractivity contribution in [1.82, 2.24) is 0 Å². The van der Waals surface area contributed by atoms with Gasteiger partial charge in [0.2, 0.25) is 0 Å². The molecule has 1 fully saturated rings. The fraction of sp³-hybridized carbons (Fsp3) is 0.167. The number of nitrogens with zero attached hydrogens (tertiary/aromatic N) is 2. The van der Waals surface area contributed by atoms with Gasteiger partial charge in [0.25, 0.3) is 5.91 Å². The number of amides is 1. The summed E-state index contributed by atoms with van der Waals surface area (Å²) in [7, 11) is 3.14. The minimum absolute atomic E-state index is 0.0828. The van der Waals surface area contributed by atoms with Crippen LogP contribution in [0.1, 0.15) is 11.1 Å². The molecule has 0 saturated carbocycles. The summed E-state index contributed by atoms with van der Waals surface area (Å²) in [5.41, 5.74) is 4.02. The van der Waals surface area contributed by atoms with Crippen LogP contribution in [0.4, 0.5) is 11.4 Å². The Bertz CT molecular complexity index is 1070. The quantitative estimate of drug-likeness (QED) is 0.554. The third-order valence-electron chi connectivity index (χ3n) is 5.09. The van der Waals surface area contributed by atoms with Crippen molar-refractivity contribution in [2.45, 2.75) is 6.42 Å². The summed E-state index contributed by atoms with van der Waals surface area (Å²) >= 11 is 5.64. The number of thiocarbonyl (C=S) groups is 1. The van der Waals surface area contributed by atoms with E-state index >= 15 is 0 Å². The van der Waals surface area contributed by atoms with E-state index in [0.717, 1.165) is 12.1 Å². The molecule has 3 aromatic carbocycles. The smallest absolute Gasteiger partial charge is 0.253 e. The van der Waals surface area contributed by atoms with E-state index in [9.17, 15) is 4.79 Å². The lowest BCUT2D eigenvalue weighted by atomic mass is 10.0. The fourth-order valence-electron chi connectivity index (χ4n) is 3.55. The van der Waals surface area contributed by atoms with Crippen LogP contribution in [0.3, 0.4) is 0 Å². The monoisotopic (exact) mass is 418 g/mol. The molecule has 0 unspecified atom stereocenters. The Hall–Kier alpha value is -3.38. The SMILES string of the molecule is COc1ccc(N2C(=O)CN(c3ccc(Cc4ccccc4)cc3)C2=S)cc1OC. The maximum absolute atomic E-state index is 12.8. The van der Waals surface area contributed by atoms with E-state index in [1.807, 2.05) is 35.2 Å². The minimum atomic E-state index is -0.0828. The number of benzene rings is 3. The molecule has 1 heterocycles. The summed E-state index contributed by atoms with van der Waals surface area (Å²) in [5, 5.41) is 0.447. The molecule has 152 valence electrons. The molecule has 0 spiro atoms. The Balaban J connectivity index is 1.54. The summed E-state index contributed by atoms with van der Waals surface area (Å²) in [5.74, 6) is 1.07. The van der Waals surface area contributed by atoms with Crippen molar-refractivity contribution in [3.63, 3.8) is 0 Å². The average molecular weight is 419 g/mol. The summed E-state index contributed by atoms with van der Waals surface area (Å²) < 4.78 is 10.6. The van der Waals surface area contributed by atoms with E-state index < -0.39 is 0 Å². The minimum Gasteiger partial charge on any atom is -0.493 e. The van der Waals surface area contributed by atoms with Crippen LogP contribution >= 0.6 is 12.2 Å². The van der Waals surface area contributed by atoms with E-state index in [4.69, 9.17) is 21.7 Å². The van der Waals surface area contributed by atoms with Crippen molar-refractivity contribution >= 4 is 34.6 Å². The van der Waals surface area contributed by atoms with Gasteiger partial charge in [-0.15, -0.1) is 0 Å². The Kier molecular flexibility index (Phi) is 5.68. The second-order valence-corrected chi connectivity index (χ2v) is 7.33. The van der Waals surface area contributed by atoms with Gasteiger partial charge >= 0.3 is 0 Å². The molecule has 0 aliphatic carbocycles. The van der Waals surface area contributed by atoms with E-state index in [2.05, 4.69) is 24.3 Å². The van der Waals surface area contributed by atoms with Crippen LogP contribution in [0, 0.1) is 0 Å². The predicted molar refractivity (Wildman–Crippen MR) is 123 cm³/mol. The van der Waals surface area contributed by atoms with Crippen LogP contribution in [0.25, 0.3) is 0 Å². The summed E-state index contributed by atoms with van der Waals surface area (Å²) in [4.78, 5) is 16.1. The lowest BCUT2D eigenvalue weighted by Crippen LogP contribution is -2.32. The lowest BCUT2D eigenvalue weighted by Gasteiger charge is -2.21. The highest BCUT2D eigenvalue weighted by molar-refractivity contribution is 7.81. The molecule has 1 aliphatic heterocycles. The first-order valence-electron chi connectivity index (χ1n) is 9.60. The zero-order chi connectivity index (χ0) is 21.1. The maximum atomic E-state index is 12.8. The molecular weight excluding hydrogens is 396 g/mol. The molecule has 0 atom stereocenters. The van der Waals surface area contributed by atoms with Gasteiger partial charge in [0, 0.05) is 11.8 Å². The molecule has 1 amide bonds. The van der Waals surface area contributed by atoms with E-state index in [1.165, 1.54) is 16.0 Å². The molecule has 1 aliphatic rings. The van der Waals surface area contributed by atoms with E-state index in [-0.39, 0.29) is 12.5 Å². The van der Waals surface area contributed by atoms with Crippen molar-refractivity contribution < 1.29 is 14.3 Å². The average Bonchev–Trinajstić information content (AvgIpc) is 3.08. The second kappa shape index (κ2) is 8.55. The van der Waals surface area contributed by atoms with Crippen LogP contribution in [0.2, 0.25) is 0 Å². The number of methoxy groups -OCH3 is 2. The zero-order valence-corrected chi connectivity index (χ0v) is 17.7. The molecule has 0 aromatic heterocycles. The largest absolute Gasteiger partial charge is 0.493 e. The molecule has 0 bridgehead atoms. The van der Waals surface area contributed by atoms with Gasteiger partial charge in [0.05, 0.1) is 19.9 Å². The van der Waals surface area contributed by atoms with Crippen LogP contribution in [0.15, 0.2) is 72.8 Å². The standard InChI is InChI=1S/C24H22N2O3S/c1-28-21-13-12-20(15-22(21)29-2)26-23(27)16-25(24(26)30)19-10-8-18(9-11-19)14-17-6-4-3-5-7-17/h3-13,15H,14,16H2,1-2H3. The third-order valence-corrected chi connectivity index (χ3v) is 5.49. The number of carbonyl (C=O) groups is 1. The van der Waals surface area contributed by atoms with Gasteiger partial charge in [-0.1, -0.05) is 42.5 Å². The number of hydrogen-bond acceptors (Lipinski definition) is 4. The van der Waals surface area contributed by atoms with Gasteiger partial charge in [0.1, 0.15) is 6.54 Å². The molecule has 6 heteroatoms. The Morgan fingerprint density at radius 1 is 0.833 bits per heavy atom. The Morgan fingerprint density at radius 3 is 2.13 bits per heavy atom. The van der Waals surface area contributed by atoms with Gasteiger partial charge < -0.3 is 14.4 Å². The highest BCUT2D eigenvalue weighted by atomic mass is 32.1. The first-order valence-corrected chi connectivity index (χ1v) is 10.0. The van der Waals surface area contributed by atoms with Gasteiger partial charge in [0.15, 0.2) is 16.6 Å². The molecule has 0 N–H and O–H groups in total. The zero-order valence-electron chi connectivity index (χ0n) is 16.9. The highest BCUT2D eigenvalue weighted by Crippen LogP contribution is 2.34. The van der Waals surface area contributed by atoms with Gasteiger partial charge in [-0.25, -0.2) is 0 Å². The molecule has 0 radical (unpaired) electrons. The molecule has 1 saturated heterocycles. The number of ether oxygens (including phenoxy) is 2. The second-order valence-electron chi connectivity index (χ2n) is 6.97.